The zero-order chi connectivity index (χ0) is 18.9. The molecule has 1 unspecified atom stereocenters. The molecule has 4 nitrogen and oxygen atoms in total. The molecule has 0 aliphatic rings. The van der Waals surface area contributed by atoms with Gasteiger partial charge in [-0.1, -0.05) is 36.4 Å². The Morgan fingerprint density at radius 1 is 1.00 bits per heavy atom. The average Bonchev–Trinajstić information content (AvgIpc) is 2.73. The number of rotatable bonds is 8. The van der Waals surface area contributed by atoms with E-state index in [1.54, 1.807) is 31.2 Å². The Kier molecular flexibility index (Phi) is 7.02. The van der Waals surface area contributed by atoms with E-state index in [9.17, 15) is 4.79 Å². The van der Waals surface area contributed by atoms with Crippen molar-refractivity contribution in [3.05, 3.63) is 90.3 Å². The SMILES string of the molecule is CNC(Cc1cccnc1)C(=O)Nc1ccc(SCc2ccccc2)cc1. The zero-order valence-corrected chi connectivity index (χ0v) is 16.1. The van der Waals surface area contributed by atoms with Gasteiger partial charge in [-0.3, -0.25) is 9.78 Å². The van der Waals surface area contributed by atoms with Crippen LogP contribution in [0.5, 0.6) is 0 Å². The topological polar surface area (TPSA) is 54.0 Å². The summed E-state index contributed by atoms with van der Waals surface area (Å²) >= 11 is 1.78. The second-order valence-corrected chi connectivity index (χ2v) is 7.24. The number of aromatic nitrogens is 1. The fraction of sp³-hybridized carbons (Fsp3) is 0.182. The van der Waals surface area contributed by atoms with Crippen molar-refractivity contribution in [1.82, 2.24) is 10.3 Å². The molecule has 0 spiro atoms. The highest BCUT2D eigenvalue weighted by molar-refractivity contribution is 7.98. The lowest BCUT2D eigenvalue weighted by Gasteiger charge is -2.16. The first-order chi connectivity index (χ1) is 13.2. The van der Waals surface area contributed by atoms with Gasteiger partial charge in [0.2, 0.25) is 5.91 Å². The molecule has 1 aromatic heterocycles. The van der Waals surface area contributed by atoms with Gasteiger partial charge >= 0.3 is 0 Å². The molecular formula is C22H23N3OS. The van der Waals surface area contributed by atoms with Crippen LogP contribution in [-0.4, -0.2) is 24.0 Å². The van der Waals surface area contributed by atoms with Gasteiger partial charge in [-0.2, -0.15) is 0 Å². The van der Waals surface area contributed by atoms with Gasteiger partial charge in [0.05, 0.1) is 6.04 Å². The maximum atomic E-state index is 12.5. The normalized spacial score (nSPS) is 11.7. The number of likely N-dealkylation sites (N-methyl/N-ethyl adjacent to an activating group) is 1. The van der Waals surface area contributed by atoms with Crippen LogP contribution in [0.25, 0.3) is 0 Å². The van der Waals surface area contributed by atoms with Crippen LogP contribution in [0, 0.1) is 0 Å². The number of carbonyl (C=O) groups excluding carboxylic acids is 1. The van der Waals surface area contributed by atoms with E-state index < -0.39 is 0 Å². The molecule has 1 heterocycles. The Morgan fingerprint density at radius 3 is 2.41 bits per heavy atom. The van der Waals surface area contributed by atoms with E-state index in [2.05, 4.69) is 39.9 Å². The summed E-state index contributed by atoms with van der Waals surface area (Å²) in [5, 5.41) is 6.06. The van der Waals surface area contributed by atoms with E-state index in [1.807, 2.05) is 42.5 Å². The zero-order valence-electron chi connectivity index (χ0n) is 15.3. The quantitative estimate of drug-likeness (QED) is 0.579. The van der Waals surface area contributed by atoms with Gasteiger partial charge < -0.3 is 10.6 Å². The number of nitrogens with one attached hydrogen (secondary N) is 2. The average molecular weight is 378 g/mol. The third kappa shape index (κ3) is 5.94. The van der Waals surface area contributed by atoms with Gasteiger partial charge in [0.15, 0.2) is 0 Å². The summed E-state index contributed by atoms with van der Waals surface area (Å²) in [7, 11) is 1.80. The summed E-state index contributed by atoms with van der Waals surface area (Å²) in [6.45, 7) is 0. The largest absolute Gasteiger partial charge is 0.325 e. The number of pyridine rings is 1. The summed E-state index contributed by atoms with van der Waals surface area (Å²) in [4.78, 5) is 17.8. The number of carbonyl (C=O) groups is 1. The molecule has 0 radical (unpaired) electrons. The van der Waals surface area contributed by atoms with Gasteiger partial charge in [0.25, 0.3) is 0 Å². The molecule has 1 atom stereocenters. The number of thioether (sulfide) groups is 1. The summed E-state index contributed by atoms with van der Waals surface area (Å²) in [5.74, 6) is 0.880. The van der Waals surface area contributed by atoms with Gasteiger partial charge in [0, 0.05) is 28.7 Å². The number of hydrogen-bond acceptors (Lipinski definition) is 4. The first-order valence-corrected chi connectivity index (χ1v) is 9.87. The van der Waals surface area contributed by atoms with Crippen molar-refractivity contribution in [3.8, 4) is 0 Å². The summed E-state index contributed by atoms with van der Waals surface area (Å²) in [6.07, 6.45) is 4.12. The van der Waals surface area contributed by atoms with E-state index in [0.717, 1.165) is 17.0 Å². The molecule has 3 rings (SSSR count). The van der Waals surface area contributed by atoms with E-state index in [1.165, 1.54) is 10.5 Å². The van der Waals surface area contributed by atoms with Crippen molar-refractivity contribution < 1.29 is 4.79 Å². The minimum Gasteiger partial charge on any atom is -0.325 e. The molecule has 2 N–H and O–H groups in total. The van der Waals surface area contributed by atoms with Crippen molar-refractivity contribution in [2.45, 2.75) is 23.1 Å². The molecule has 5 heteroatoms. The summed E-state index contributed by atoms with van der Waals surface area (Å²) in [5.41, 5.74) is 3.13. The van der Waals surface area contributed by atoms with Crippen LogP contribution in [-0.2, 0) is 17.0 Å². The van der Waals surface area contributed by atoms with Crippen LogP contribution in [0.4, 0.5) is 5.69 Å². The van der Waals surface area contributed by atoms with Gasteiger partial charge in [-0.05, 0) is 54.9 Å². The van der Waals surface area contributed by atoms with Crippen LogP contribution in [0.15, 0.2) is 84.0 Å². The highest BCUT2D eigenvalue weighted by atomic mass is 32.2. The molecule has 0 aliphatic heterocycles. The van der Waals surface area contributed by atoms with Crippen LogP contribution in [0.3, 0.4) is 0 Å². The van der Waals surface area contributed by atoms with Crippen molar-refractivity contribution in [2.75, 3.05) is 12.4 Å². The van der Waals surface area contributed by atoms with Crippen molar-refractivity contribution in [1.29, 1.82) is 0 Å². The fourth-order valence-corrected chi connectivity index (χ4v) is 3.54. The molecular weight excluding hydrogens is 354 g/mol. The Bertz CT molecular complexity index is 838. The number of nitrogens with zero attached hydrogens (tertiary/aromatic N) is 1. The second kappa shape index (κ2) is 9.90. The van der Waals surface area contributed by atoms with Gasteiger partial charge in [-0.25, -0.2) is 0 Å². The number of hydrogen-bond donors (Lipinski definition) is 2. The lowest BCUT2D eigenvalue weighted by Crippen LogP contribution is -2.40. The molecule has 0 saturated heterocycles. The molecule has 27 heavy (non-hydrogen) atoms. The molecule has 1 amide bonds. The van der Waals surface area contributed by atoms with Crippen molar-refractivity contribution >= 4 is 23.4 Å². The number of amides is 1. The maximum Gasteiger partial charge on any atom is 0.241 e. The third-order valence-corrected chi connectivity index (χ3v) is 5.28. The highest BCUT2D eigenvalue weighted by Gasteiger charge is 2.17. The molecule has 0 aliphatic carbocycles. The fourth-order valence-electron chi connectivity index (χ4n) is 2.69. The lowest BCUT2D eigenvalue weighted by atomic mass is 10.1. The lowest BCUT2D eigenvalue weighted by molar-refractivity contribution is -0.118. The van der Waals surface area contributed by atoms with E-state index in [-0.39, 0.29) is 11.9 Å². The van der Waals surface area contributed by atoms with E-state index >= 15 is 0 Å². The highest BCUT2D eigenvalue weighted by Crippen LogP contribution is 2.24. The van der Waals surface area contributed by atoms with E-state index in [0.29, 0.717) is 6.42 Å². The van der Waals surface area contributed by atoms with Gasteiger partial charge in [0.1, 0.15) is 0 Å². The van der Waals surface area contributed by atoms with Crippen LogP contribution < -0.4 is 10.6 Å². The first kappa shape index (κ1) is 19.1. The number of benzene rings is 2. The minimum absolute atomic E-state index is 0.0500. The molecule has 138 valence electrons. The van der Waals surface area contributed by atoms with Crippen LogP contribution >= 0.6 is 11.8 Å². The second-order valence-electron chi connectivity index (χ2n) is 6.19. The minimum atomic E-state index is -0.304. The Morgan fingerprint density at radius 2 is 1.74 bits per heavy atom. The molecule has 0 bridgehead atoms. The van der Waals surface area contributed by atoms with Crippen LogP contribution in [0.1, 0.15) is 11.1 Å². The molecule has 0 saturated carbocycles. The predicted molar refractivity (Wildman–Crippen MR) is 112 cm³/mol. The van der Waals surface area contributed by atoms with Crippen LogP contribution in [0.2, 0.25) is 0 Å². The Labute approximate surface area is 164 Å². The Hall–Kier alpha value is -2.63. The smallest absolute Gasteiger partial charge is 0.241 e. The summed E-state index contributed by atoms with van der Waals surface area (Å²) < 4.78 is 0. The van der Waals surface area contributed by atoms with E-state index in [4.69, 9.17) is 0 Å². The van der Waals surface area contributed by atoms with Crippen molar-refractivity contribution in [2.24, 2.45) is 0 Å². The number of anilines is 1. The standard InChI is InChI=1S/C22H23N3OS/c1-23-21(14-18-8-5-13-24-15-18)22(26)25-19-9-11-20(12-10-19)27-16-17-6-3-2-4-7-17/h2-13,15,21,23H,14,16H2,1H3,(H,25,26). The molecule has 3 aromatic rings. The first-order valence-electron chi connectivity index (χ1n) is 8.88. The summed E-state index contributed by atoms with van der Waals surface area (Å²) in [6, 6.07) is 21.9. The molecule has 0 fully saturated rings. The Balaban J connectivity index is 1.54. The third-order valence-electron chi connectivity index (χ3n) is 4.20. The van der Waals surface area contributed by atoms with Crippen molar-refractivity contribution in [3.63, 3.8) is 0 Å². The monoisotopic (exact) mass is 377 g/mol. The molecule has 2 aromatic carbocycles. The predicted octanol–water partition coefficient (Wildman–Crippen LogP) is 4.14. The maximum absolute atomic E-state index is 12.5. The van der Waals surface area contributed by atoms with Gasteiger partial charge in [-0.15, -0.1) is 11.8 Å².